The molecule has 27 heavy (non-hydrogen) atoms. The second-order valence-corrected chi connectivity index (χ2v) is 8.53. The van der Waals surface area contributed by atoms with Crippen LogP contribution in [0.1, 0.15) is 20.3 Å². The summed E-state index contributed by atoms with van der Waals surface area (Å²) >= 11 is 0. The lowest BCUT2D eigenvalue weighted by Gasteiger charge is -2.28. The Bertz CT molecular complexity index is 660. The van der Waals surface area contributed by atoms with Gasteiger partial charge in [-0.05, 0) is 20.3 Å². The number of amides is 1. The van der Waals surface area contributed by atoms with Crippen molar-refractivity contribution in [2.24, 2.45) is 0 Å². The average molecular weight is 417 g/mol. The van der Waals surface area contributed by atoms with E-state index in [0.717, 1.165) is 0 Å². The van der Waals surface area contributed by atoms with Gasteiger partial charge in [0.25, 0.3) is 0 Å². The highest BCUT2D eigenvalue weighted by Crippen LogP contribution is 2.25. The van der Waals surface area contributed by atoms with E-state index < -0.39 is 55.6 Å². The molecule has 0 bridgehead atoms. The third-order valence-corrected chi connectivity index (χ3v) is 6.38. The van der Waals surface area contributed by atoms with Gasteiger partial charge in [-0.25, -0.2) is 18.0 Å². The number of carbonyl (C=O) groups is 1. The van der Waals surface area contributed by atoms with E-state index in [0.29, 0.717) is 0 Å². The van der Waals surface area contributed by atoms with Crippen molar-refractivity contribution in [2.45, 2.75) is 32.4 Å². The number of nitrogens with zero attached hydrogens (tertiary/aromatic N) is 1. The molecule has 0 unspecified atom stereocenters. The first kappa shape index (κ1) is 23.3. The van der Waals surface area contributed by atoms with Crippen LogP contribution < -0.4 is 4.74 Å². The van der Waals surface area contributed by atoms with Crippen LogP contribution in [-0.4, -0.2) is 46.9 Å². The van der Waals surface area contributed by atoms with Crippen LogP contribution in [0.2, 0.25) is 6.04 Å². The second-order valence-electron chi connectivity index (χ2n) is 5.61. The molecule has 0 N–H and O–H groups in total. The molecule has 1 aromatic rings. The Morgan fingerprint density at radius 1 is 1.11 bits per heavy atom. The zero-order valence-corrected chi connectivity index (χ0v) is 16.2. The van der Waals surface area contributed by atoms with Gasteiger partial charge in [0.05, 0.1) is 6.54 Å². The topological polar surface area (TPSA) is 57.2 Å². The molecule has 0 radical (unpaired) electrons. The van der Waals surface area contributed by atoms with E-state index in [-0.39, 0.29) is 24.6 Å². The number of ether oxygens (including phenoxy) is 1. The van der Waals surface area contributed by atoms with Crippen molar-refractivity contribution in [2.75, 3.05) is 20.8 Å². The highest BCUT2D eigenvalue weighted by Gasteiger charge is 2.39. The van der Waals surface area contributed by atoms with Crippen molar-refractivity contribution >= 4 is 14.9 Å². The summed E-state index contributed by atoms with van der Waals surface area (Å²) in [6.45, 7) is 3.00. The summed E-state index contributed by atoms with van der Waals surface area (Å²) in [4.78, 5) is 11.6. The molecular weight excluding hydrogens is 397 g/mol. The summed E-state index contributed by atoms with van der Waals surface area (Å²) in [5.74, 6) is -9.27. The Morgan fingerprint density at radius 3 is 2.22 bits per heavy atom. The molecule has 0 aliphatic rings. The molecule has 0 fully saturated rings. The summed E-state index contributed by atoms with van der Waals surface area (Å²) in [7, 11) is -0.309. The highest BCUT2D eigenvalue weighted by atomic mass is 28.4. The Hall–Kier alpha value is -1.76. The summed E-state index contributed by atoms with van der Waals surface area (Å²) in [5, 5.41) is -0.432. The molecule has 0 aliphatic carbocycles. The Balaban J connectivity index is 2.68. The van der Waals surface area contributed by atoms with Crippen molar-refractivity contribution in [1.82, 2.24) is 5.12 Å². The van der Waals surface area contributed by atoms with Crippen LogP contribution in [-0.2, 0) is 13.3 Å². The van der Waals surface area contributed by atoms with E-state index in [9.17, 15) is 26.8 Å². The number of benzene rings is 1. The lowest BCUT2D eigenvalue weighted by molar-refractivity contribution is 0.0322. The fraction of sp³-hybridized carbons (Fsp3) is 0.533. The first-order valence-electron chi connectivity index (χ1n) is 7.83. The van der Waals surface area contributed by atoms with Crippen LogP contribution in [0, 0.1) is 23.3 Å². The first-order chi connectivity index (χ1) is 12.6. The van der Waals surface area contributed by atoms with Gasteiger partial charge in [-0.3, -0.25) is 0 Å². The molecular formula is C15H20F5NO5Si. The zero-order valence-electron chi connectivity index (χ0n) is 15.2. The molecule has 1 rings (SSSR count). The number of hydrogen-bond donors (Lipinski definition) is 0. The van der Waals surface area contributed by atoms with Gasteiger partial charge in [0.15, 0.2) is 17.4 Å². The average Bonchev–Trinajstić information content (AvgIpc) is 2.62. The van der Waals surface area contributed by atoms with Crippen molar-refractivity contribution in [1.29, 1.82) is 0 Å². The van der Waals surface area contributed by atoms with E-state index in [1.807, 2.05) is 0 Å². The number of carbonyl (C=O) groups excluding carboxylic acids is 1. The number of rotatable bonds is 9. The molecule has 0 saturated carbocycles. The molecule has 1 aromatic carbocycles. The molecule has 0 atom stereocenters. The Kier molecular flexibility index (Phi) is 8.59. The number of halogens is 5. The van der Waals surface area contributed by atoms with Gasteiger partial charge in [-0.15, -0.1) is 5.12 Å². The van der Waals surface area contributed by atoms with Crippen LogP contribution in [0.4, 0.5) is 26.8 Å². The molecule has 0 aliphatic heterocycles. The van der Waals surface area contributed by atoms with E-state index in [4.69, 9.17) is 13.3 Å². The SMILES string of the molecule is CO[Si](CCCN(F)C(=O)Oc1cc(F)c(F)c(F)c1F)(OC)OC(C)C. The monoisotopic (exact) mass is 417 g/mol. The fourth-order valence-electron chi connectivity index (χ4n) is 2.10. The predicted octanol–water partition coefficient (Wildman–Crippen LogP) is 3.98. The Labute approximate surface area is 154 Å². The normalized spacial score (nSPS) is 11.8. The van der Waals surface area contributed by atoms with Gasteiger partial charge in [0, 0.05) is 32.4 Å². The quantitative estimate of drug-likeness (QED) is 0.200. The lowest BCUT2D eigenvalue weighted by atomic mass is 10.3. The minimum absolute atomic E-state index is 0.0286. The summed E-state index contributed by atoms with van der Waals surface area (Å²) in [5.41, 5.74) is 0. The molecule has 0 spiro atoms. The van der Waals surface area contributed by atoms with Crippen LogP contribution in [0.25, 0.3) is 0 Å². The standard InChI is InChI=1S/C15H20F5NO5Si/c1-9(2)26-27(23-3,24-4)7-5-6-21(20)15(22)25-11-8-10(16)12(17)14(19)13(11)18/h8-9H,5-7H2,1-4H3. The maximum absolute atomic E-state index is 13.8. The third-order valence-electron chi connectivity index (χ3n) is 3.34. The van der Waals surface area contributed by atoms with Crippen LogP contribution in [0.5, 0.6) is 5.75 Å². The number of hydrogen-bond acceptors (Lipinski definition) is 5. The predicted molar refractivity (Wildman–Crippen MR) is 85.5 cm³/mol. The van der Waals surface area contributed by atoms with Crippen molar-refractivity contribution in [3.05, 3.63) is 29.3 Å². The van der Waals surface area contributed by atoms with Gasteiger partial charge in [-0.2, -0.15) is 4.39 Å². The summed E-state index contributed by atoms with van der Waals surface area (Å²) in [6, 6.07) is 0.254. The van der Waals surface area contributed by atoms with Gasteiger partial charge >= 0.3 is 14.9 Å². The highest BCUT2D eigenvalue weighted by molar-refractivity contribution is 6.60. The van der Waals surface area contributed by atoms with E-state index in [1.165, 1.54) is 14.2 Å². The van der Waals surface area contributed by atoms with E-state index in [1.54, 1.807) is 13.8 Å². The van der Waals surface area contributed by atoms with E-state index >= 15 is 0 Å². The maximum Gasteiger partial charge on any atom is 0.500 e. The lowest BCUT2D eigenvalue weighted by Crippen LogP contribution is -2.46. The van der Waals surface area contributed by atoms with Crippen LogP contribution in [0.3, 0.4) is 0 Å². The van der Waals surface area contributed by atoms with Crippen LogP contribution >= 0.6 is 0 Å². The molecule has 6 nitrogen and oxygen atoms in total. The minimum Gasteiger partial charge on any atom is -0.405 e. The third kappa shape index (κ3) is 6.12. The van der Waals surface area contributed by atoms with Gasteiger partial charge in [0.2, 0.25) is 11.6 Å². The molecule has 0 saturated heterocycles. The summed E-state index contributed by atoms with van der Waals surface area (Å²) in [6.07, 6.45) is -1.92. The Morgan fingerprint density at radius 2 is 1.70 bits per heavy atom. The van der Waals surface area contributed by atoms with Gasteiger partial charge in [-0.1, -0.05) is 4.48 Å². The molecule has 154 valence electrons. The fourth-order valence-corrected chi connectivity index (χ4v) is 4.29. The van der Waals surface area contributed by atoms with Gasteiger partial charge in [0.1, 0.15) is 0 Å². The molecule has 0 heterocycles. The summed E-state index contributed by atoms with van der Waals surface area (Å²) < 4.78 is 86.6. The van der Waals surface area contributed by atoms with Gasteiger partial charge < -0.3 is 18.0 Å². The van der Waals surface area contributed by atoms with Crippen molar-refractivity contribution in [3.8, 4) is 5.75 Å². The molecule has 12 heteroatoms. The van der Waals surface area contributed by atoms with Crippen molar-refractivity contribution < 1.29 is 44.9 Å². The molecule has 1 amide bonds. The second kappa shape index (κ2) is 9.97. The zero-order chi connectivity index (χ0) is 20.8. The van der Waals surface area contributed by atoms with Crippen LogP contribution in [0.15, 0.2) is 6.07 Å². The van der Waals surface area contributed by atoms with E-state index in [2.05, 4.69) is 4.74 Å². The minimum atomic E-state index is -3.06. The maximum atomic E-state index is 13.8. The first-order valence-corrected chi connectivity index (χ1v) is 9.76. The molecule has 0 aromatic heterocycles. The largest absolute Gasteiger partial charge is 0.500 e. The smallest absolute Gasteiger partial charge is 0.405 e. The van der Waals surface area contributed by atoms with Crippen molar-refractivity contribution in [3.63, 3.8) is 0 Å².